The van der Waals surface area contributed by atoms with Crippen LogP contribution in [0.25, 0.3) is 0 Å². The summed E-state index contributed by atoms with van der Waals surface area (Å²) >= 11 is 6.13. The molecule has 44 heavy (non-hydrogen) atoms. The predicted molar refractivity (Wildman–Crippen MR) is 170 cm³/mol. The van der Waals surface area contributed by atoms with E-state index in [0.29, 0.717) is 37.7 Å². The molecule has 0 spiro atoms. The molecule has 0 radical (unpaired) electrons. The van der Waals surface area contributed by atoms with Crippen LogP contribution in [0.1, 0.15) is 42.0 Å². The van der Waals surface area contributed by atoms with Crippen molar-refractivity contribution < 1.29 is 22.7 Å². The van der Waals surface area contributed by atoms with Crippen LogP contribution in [-0.4, -0.2) is 75.5 Å². The molecule has 234 valence electrons. The van der Waals surface area contributed by atoms with Crippen molar-refractivity contribution in [2.45, 2.75) is 49.2 Å². The average Bonchev–Trinajstić information content (AvgIpc) is 3.85. The highest BCUT2D eigenvalue weighted by molar-refractivity contribution is 7.89. The third kappa shape index (κ3) is 9.12. The number of carbonyl (C=O) groups excluding carboxylic acids is 2. The van der Waals surface area contributed by atoms with Gasteiger partial charge in [-0.15, -0.1) is 0 Å². The number of nitrogens with zero attached hydrogens (tertiary/aromatic N) is 2. The Kier molecular flexibility index (Phi) is 11.1. The van der Waals surface area contributed by atoms with Gasteiger partial charge in [-0.2, -0.15) is 0 Å². The van der Waals surface area contributed by atoms with Crippen molar-refractivity contribution in [1.82, 2.24) is 19.8 Å². The average molecular weight is 639 g/mol. The van der Waals surface area contributed by atoms with Crippen molar-refractivity contribution in [1.29, 1.82) is 0 Å². The standard InChI is InChI=1S/C33H39ClN4O5S/c34-28-11-6-26(7-12-28)24-38(31(39)17-10-25-8-15-30(16-9-25)44(41,42)36-29-13-14-29)32(27-4-2-1-3-5-27)33(40)35-18-19-37-20-22-43-23-21-37/h1-9,11-12,15-16,29,32,36H,10,13-14,17-24H2,(H,35,40)/t32-/m0/s1. The van der Waals surface area contributed by atoms with Crippen LogP contribution in [0.4, 0.5) is 0 Å². The van der Waals surface area contributed by atoms with Crippen molar-refractivity contribution in [3.8, 4) is 0 Å². The summed E-state index contributed by atoms with van der Waals surface area (Å²) in [7, 11) is -3.55. The Bertz CT molecular complexity index is 1490. The molecule has 2 N–H and O–H groups in total. The van der Waals surface area contributed by atoms with E-state index >= 15 is 0 Å². The number of nitrogens with one attached hydrogen (secondary N) is 2. The van der Waals surface area contributed by atoms with E-state index in [4.69, 9.17) is 16.3 Å². The molecule has 0 bridgehead atoms. The number of morpholine rings is 1. The van der Waals surface area contributed by atoms with Crippen LogP contribution in [0.2, 0.25) is 5.02 Å². The lowest BCUT2D eigenvalue weighted by atomic mass is 10.0. The van der Waals surface area contributed by atoms with Gasteiger partial charge in [-0.3, -0.25) is 14.5 Å². The van der Waals surface area contributed by atoms with Gasteiger partial charge in [0.2, 0.25) is 21.8 Å². The number of hydrogen-bond donors (Lipinski definition) is 2. The second-order valence-corrected chi connectivity index (χ2v) is 13.4. The Morgan fingerprint density at radius 3 is 2.25 bits per heavy atom. The summed E-state index contributed by atoms with van der Waals surface area (Å²) in [6.07, 6.45) is 2.26. The Balaban J connectivity index is 1.32. The molecule has 5 rings (SSSR count). The van der Waals surface area contributed by atoms with Gasteiger partial charge in [-0.1, -0.05) is 66.2 Å². The number of halogens is 1. The molecule has 2 aliphatic rings. The van der Waals surface area contributed by atoms with E-state index < -0.39 is 16.1 Å². The second-order valence-electron chi connectivity index (χ2n) is 11.2. The van der Waals surface area contributed by atoms with Gasteiger partial charge in [0.25, 0.3) is 0 Å². The van der Waals surface area contributed by atoms with Crippen LogP contribution in [0.3, 0.4) is 0 Å². The fourth-order valence-corrected chi connectivity index (χ4v) is 6.63. The van der Waals surface area contributed by atoms with E-state index in [9.17, 15) is 18.0 Å². The first-order chi connectivity index (χ1) is 21.3. The van der Waals surface area contributed by atoms with Gasteiger partial charge in [-0.05, 0) is 60.2 Å². The monoisotopic (exact) mass is 638 g/mol. The number of ether oxygens (including phenoxy) is 1. The number of sulfonamides is 1. The van der Waals surface area contributed by atoms with Gasteiger partial charge in [0, 0.05) is 50.2 Å². The molecule has 0 unspecified atom stereocenters. The van der Waals surface area contributed by atoms with Crippen LogP contribution in [0.15, 0.2) is 83.8 Å². The molecule has 2 amide bonds. The summed E-state index contributed by atoms with van der Waals surface area (Å²) in [5.74, 6) is -0.436. The van der Waals surface area contributed by atoms with Crippen LogP contribution >= 0.6 is 11.6 Å². The van der Waals surface area contributed by atoms with E-state index in [1.807, 2.05) is 42.5 Å². The maximum atomic E-state index is 14.0. The molecule has 2 fully saturated rings. The van der Waals surface area contributed by atoms with Gasteiger partial charge < -0.3 is 15.0 Å². The zero-order chi connectivity index (χ0) is 30.9. The molecular formula is C33H39ClN4O5S. The fraction of sp³-hybridized carbons (Fsp3) is 0.394. The summed E-state index contributed by atoms with van der Waals surface area (Å²) in [4.78, 5) is 31.9. The first-order valence-electron chi connectivity index (χ1n) is 15.1. The molecular weight excluding hydrogens is 600 g/mol. The minimum Gasteiger partial charge on any atom is -0.379 e. The highest BCUT2D eigenvalue weighted by Gasteiger charge is 2.32. The van der Waals surface area contributed by atoms with E-state index in [1.165, 1.54) is 0 Å². The van der Waals surface area contributed by atoms with Crippen LogP contribution < -0.4 is 10.0 Å². The molecule has 9 nitrogen and oxygen atoms in total. The summed E-state index contributed by atoms with van der Waals surface area (Å²) in [5, 5.41) is 3.66. The fourth-order valence-electron chi connectivity index (χ4n) is 5.20. The van der Waals surface area contributed by atoms with Crippen LogP contribution in [0.5, 0.6) is 0 Å². The molecule has 3 aromatic carbocycles. The number of carbonyl (C=O) groups is 2. The van der Waals surface area contributed by atoms with Gasteiger partial charge in [-0.25, -0.2) is 13.1 Å². The zero-order valence-corrected chi connectivity index (χ0v) is 26.2. The quantitative estimate of drug-likeness (QED) is 0.277. The van der Waals surface area contributed by atoms with Crippen molar-refractivity contribution in [2.75, 3.05) is 39.4 Å². The van der Waals surface area contributed by atoms with Crippen molar-refractivity contribution in [2.24, 2.45) is 0 Å². The first-order valence-corrected chi connectivity index (χ1v) is 16.9. The summed E-state index contributed by atoms with van der Waals surface area (Å²) in [6.45, 7) is 4.38. The summed E-state index contributed by atoms with van der Waals surface area (Å²) in [5.41, 5.74) is 2.40. The topological polar surface area (TPSA) is 108 Å². The highest BCUT2D eigenvalue weighted by Crippen LogP contribution is 2.26. The molecule has 11 heteroatoms. The normalized spacial score (nSPS) is 16.3. The molecule has 1 heterocycles. The minimum absolute atomic E-state index is 0.0260. The van der Waals surface area contributed by atoms with Gasteiger partial charge >= 0.3 is 0 Å². The predicted octanol–water partition coefficient (Wildman–Crippen LogP) is 3.93. The number of rotatable bonds is 14. The zero-order valence-electron chi connectivity index (χ0n) is 24.7. The van der Waals surface area contributed by atoms with Crippen LogP contribution in [0, 0.1) is 0 Å². The lowest BCUT2D eigenvalue weighted by Gasteiger charge is -2.32. The largest absolute Gasteiger partial charge is 0.379 e. The maximum Gasteiger partial charge on any atom is 0.247 e. The molecule has 0 aromatic heterocycles. The second kappa shape index (κ2) is 15.1. The van der Waals surface area contributed by atoms with E-state index in [1.54, 1.807) is 41.3 Å². The smallest absolute Gasteiger partial charge is 0.247 e. The Hall–Kier alpha value is -3.28. The third-order valence-corrected chi connectivity index (χ3v) is 9.64. The first kappa shape index (κ1) is 32.1. The summed E-state index contributed by atoms with van der Waals surface area (Å²) in [6, 6.07) is 22.4. The van der Waals surface area contributed by atoms with Crippen molar-refractivity contribution in [3.05, 3.63) is 101 Å². The molecule has 3 aromatic rings. The molecule has 1 aliphatic heterocycles. The van der Waals surface area contributed by atoms with E-state index in [0.717, 1.165) is 42.6 Å². The minimum atomic E-state index is -3.55. The molecule has 1 aliphatic carbocycles. The van der Waals surface area contributed by atoms with E-state index in [-0.39, 0.29) is 35.7 Å². The van der Waals surface area contributed by atoms with E-state index in [2.05, 4.69) is 14.9 Å². The lowest BCUT2D eigenvalue weighted by Crippen LogP contribution is -2.46. The van der Waals surface area contributed by atoms with Gasteiger partial charge in [0.15, 0.2) is 0 Å². The van der Waals surface area contributed by atoms with Crippen molar-refractivity contribution in [3.63, 3.8) is 0 Å². The number of hydrogen-bond acceptors (Lipinski definition) is 6. The van der Waals surface area contributed by atoms with Gasteiger partial charge in [0.05, 0.1) is 18.1 Å². The third-order valence-electron chi connectivity index (χ3n) is 7.85. The maximum absolute atomic E-state index is 14.0. The van der Waals surface area contributed by atoms with Crippen LogP contribution in [-0.2, 0) is 37.3 Å². The molecule has 1 saturated heterocycles. The Morgan fingerprint density at radius 1 is 0.932 bits per heavy atom. The lowest BCUT2D eigenvalue weighted by molar-refractivity contribution is -0.141. The van der Waals surface area contributed by atoms with Gasteiger partial charge in [0.1, 0.15) is 6.04 Å². The molecule has 1 saturated carbocycles. The highest BCUT2D eigenvalue weighted by atomic mass is 35.5. The Labute approximate surface area is 264 Å². The number of amides is 2. The number of benzene rings is 3. The SMILES string of the molecule is O=C(NCCN1CCOCC1)[C@H](c1ccccc1)N(Cc1ccc(Cl)cc1)C(=O)CCc1ccc(S(=O)(=O)NC2CC2)cc1. The summed E-state index contributed by atoms with van der Waals surface area (Å²) < 4.78 is 33.2. The Morgan fingerprint density at radius 2 is 1.59 bits per heavy atom. The van der Waals surface area contributed by atoms with Crippen molar-refractivity contribution >= 4 is 33.4 Å². The molecule has 1 atom stereocenters. The number of aryl methyl sites for hydroxylation is 1.